The van der Waals surface area contributed by atoms with E-state index >= 15 is 0 Å². The molecule has 0 saturated carbocycles. The molecular weight excluding hydrogens is 244 g/mol. The highest BCUT2D eigenvalue weighted by molar-refractivity contribution is 8.00. The Kier molecular flexibility index (Phi) is 5.73. The van der Waals surface area contributed by atoms with Gasteiger partial charge in [0.15, 0.2) is 0 Å². The lowest BCUT2D eigenvalue weighted by molar-refractivity contribution is 0.0689. The smallest absolute Gasteiger partial charge is 0.337 e. The molecule has 3 nitrogen and oxygen atoms in total. The fourth-order valence-electron chi connectivity index (χ4n) is 1.26. The van der Waals surface area contributed by atoms with E-state index in [-0.39, 0.29) is 6.61 Å². The molecule has 2 N–H and O–H groups in total. The van der Waals surface area contributed by atoms with Crippen molar-refractivity contribution in [2.75, 3.05) is 18.6 Å². The van der Waals surface area contributed by atoms with Gasteiger partial charge in [-0.15, -0.1) is 23.5 Å². The Hall–Kier alpha value is -0.650. The van der Waals surface area contributed by atoms with Crippen LogP contribution in [0.4, 0.5) is 0 Å². The van der Waals surface area contributed by atoms with E-state index in [0.717, 1.165) is 15.5 Å². The molecule has 0 aliphatic rings. The second kappa shape index (κ2) is 6.83. The van der Waals surface area contributed by atoms with Crippen LogP contribution in [0.15, 0.2) is 28.0 Å². The summed E-state index contributed by atoms with van der Waals surface area (Å²) in [6, 6.07) is 5.48. The number of thioether (sulfide) groups is 2. The number of hydrogen-bond acceptors (Lipinski definition) is 4. The molecule has 0 unspecified atom stereocenters. The van der Waals surface area contributed by atoms with Crippen LogP contribution in [0.25, 0.3) is 0 Å². The highest BCUT2D eigenvalue weighted by Gasteiger charge is 2.14. The molecule has 0 amide bonds. The highest BCUT2D eigenvalue weighted by Crippen LogP contribution is 2.30. The van der Waals surface area contributed by atoms with E-state index in [4.69, 9.17) is 10.2 Å². The van der Waals surface area contributed by atoms with Crippen molar-refractivity contribution in [1.29, 1.82) is 0 Å². The van der Waals surface area contributed by atoms with Gasteiger partial charge in [-0.1, -0.05) is 6.07 Å². The molecule has 0 bridgehead atoms. The Bertz CT molecular complexity index is 366. The number of benzene rings is 1. The largest absolute Gasteiger partial charge is 0.478 e. The highest BCUT2D eigenvalue weighted by atomic mass is 32.2. The number of aliphatic hydroxyl groups is 1. The first-order valence-corrected chi connectivity index (χ1v) is 7.05. The second-order valence-electron chi connectivity index (χ2n) is 3.06. The molecule has 1 rings (SSSR count). The van der Waals surface area contributed by atoms with Crippen molar-refractivity contribution in [3.05, 3.63) is 23.8 Å². The summed E-state index contributed by atoms with van der Waals surface area (Å²) in [5, 5.41) is 17.8. The van der Waals surface area contributed by atoms with Crippen molar-refractivity contribution >= 4 is 29.5 Å². The lowest BCUT2D eigenvalue weighted by Gasteiger charge is -2.08. The molecule has 0 fully saturated rings. The van der Waals surface area contributed by atoms with Gasteiger partial charge in [0.1, 0.15) is 0 Å². The van der Waals surface area contributed by atoms with Crippen LogP contribution in [0, 0.1) is 0 Å². The quantitative estimate of drug-likeness (QED) is 0.606. The van der Waals surface area contributed by atoms with Gasteiger partial charge in [0.25, 0.3) is 0 Å². The maximum atomic E-state index is 11.2. The lowest BCUT2D eigenvalue weighted by atomic mass is 10.2. The van der Waals surface area contributed by atoms with E-state index in [1.165, 1.54) is 23.5 Å². The molecule has 0 aliphatic carbocycles. The van der Waals surface area contributed by atoms with Crippen molar-refractivity contribution in [2.24, 2.45) is 0 Å². The fraction of sp³-hybridized carbons (Fsp3) is 0.364. The average molecular weight is 258 g/mol. The molecule has 0 radical (unpaired) electrons. The van der Waals surface area contributed by atoms with Gasteiger partial charge in [-0.2, -0.15) is 0 Å². The fourth-order valence-corrected chi connectivity index (χ4v) is 2.95. The zero-order valence-corrected chi connectivity index (χ0v) is 10.6. The minimum atomic E-state index is -0.892. The Morgan fingerprint density at radius 1 is 1.38 bits per heavy atom. The van der Waals surface area contributed by atoms with Crippen LogP contribution in [0.3, 0.4) is 0 Å². The van der Waals surface area contributed by atoms with E-state index in [1.807, 2.05) is 24.5 Å². The maximum Gasteiger partial charge on any atom is 0.337 e. The molecular formula is C11H14O3S2. The summed E-state index contributed by atoms with van der Waals surface area (Å²) in [6.45, 7) is 0.137. The van der Waals surface area contributed by atoms with Gasteiger partial charge in [0.2, 0.25) is 0 Å². The molecule has 0 heterocycles. The minimum absolute atomic E-state index is 0.137. The first-order valence-electron chi connectivity index (χ1n) is 4.84. The molecule has 0 spiro atoms. The van der Waals surface area contributed by atoms with Crippen molar-refractivity contribution in [1.82, 2.24) is 0 Å². The minimum Gasteiger partial charge on any atom is -0.478 e. The Labute approximate surface area is 103 Å². The van der Waals surface area contributed by atoms with Crippen LogP contribution < -0.4 is 0 Å². The Morgan fingerprint density at radius 2 is 2.06 bits per heavy atom. The summed E-state index contributed by atoms with van der Waals surface area (Å²) >= 11 is 2.91. The third-order valence-electron chi connectivity index (χ3n) is 1.98. The van der Waals surface area contributed by atoms with Crippen LogP contribution in [-0.4, -0.2) is 34.8 Å². The summed E-state index contributed by atoms with van der Waals surface area (Å²) in [4.78, 5) is 12.7. The number of carboxylic acid groups (broad SMARTS) is 1. The summed E-state index contributed by atoms with van der Waals surface area (Å²) < 4.78 is 0. The standard InChI is InChI=1S/C11H14O3S2/c1-15-8-4-2-5-9(10(8)11(13)14)16-7-3-6-12/h2,4-5,12H,3,6-7H2,1H3,(H,13,14). The van der Waals surface area contributed by atoms with Crippen molar-refractivity contribution < 1.29 is 15.0 Å². The van der Waals surface area contributed by atoms with Crippen molar-refractivity contribution in [3.8, 4) is 0 Å². The van der Waals surface area contributed by atoms with Crippen molar-refractivity contribution in [3.63, 3.8) is 0 Å². The molecule has 1 aromatic carbocycles. The third kappa shape index (κ3) is 3.43. The topological polar surface area (TPSA) is 57.5 Å². The number of rotatable bonds is 6. The summed E-state index contributed by atoms with van der Waals surface area (Å²) in [7, 11) is 0. The monoisotopic (exact) mass is 258 g/mol. The number of hydrogen-bond donors (Lipinski definition) is 2. The normalized spacial score (nSPS) is 10.4. The van der Waals surface area contributed by atoms with Gasteiger partial charge in [-0.3, -0.25) is 0 Å². The van der Waals surface area contributed by atoms with E-state index < -0.39 is 5.97 Å². The van der Waals surface area contributed by atoms with Gasteiger partial charge in [-0.05, 0) is 24.8 Å². The predicted octanol–water partition coefficient (Wildman–Crippen LogP) is 2.58. The van der Waals surface area contributed by atoms with E-state index in [0.29, 0.717) is 12.0 Å². The van der Waals surface area contributed by atoms with Crippen LogP contribution in [-0.2, 0) is 0 Å². The molecule has 5 heteroatoms. The van der Waals surface area contributed by atoms with Crippen LogP contribution in [0.1, 0.15) is 16.8 Å². The molecule has 0 aliphatic heterocycles. The van der Waals surface area contributed by atoms with Crippen LogP contribution >= 0.6 is 23.5 Å². The maximum absolute atomic E-state index is 11.2. The Balaban J connectivity index is 2.93. The number of carbonyl (C=O) groups is 1. The average Bonchev–Trinajstić information content (AvgIpc) is 2.28. The van der Waals surface area contributed by atoms with Gasteiger partial charge in [-0.25, -0.2) is 4.79 Å². The lowest BCUT2D eigenvalue weighted by Crippen LogP contribution is -2.01. The number of carboxylic acids is 1. The van der Waals surface area contributed by atoms with Gasteiger partial charge >= 0.3 is 5.97 Å². The van der Waals surface area contributed by atoms with E-state index in [2.05, 4.69) is 0 Å². The molecule has 0 saturated heterocycles. The van der Waals surface area contributed by atoms with Gasteiger partial charge in [0, 0.05) is 22.2 Å². The molecule has 16 heavy (non-hydrogen) atoms. The summed E-state index contributed by atoms with van der Waals surface area (Å²) in [5.41, 5.74) is 0.373. The van der Waals surface area contributed by atoms with Crippen molar-refractivity contribution in [2.45, 2.75) is 16.2 Å². The number of aromatic carboxylic acids is 1. The van der Waals surface area contributed by atoms with Gasteiger partial charge in [0.05, 0.1) is 5.56 Å². The molecule has 0 atom stereocenters. The first kappa shape index (κ1) is 13.4. The zero-order chi connectivity index (χ0) is 12.0. The summed E-state index contributed by atoms with van der Waals surface area (Å²) in [5.74, 6) is -0.161. The zero-order valence-electron chi connectivity index (χ0n) is 8.97. The van der Waals surface area contributed by atoms with E-state index in [1.54, 1.807) is 0 Å². The SMILES string of the molecule is CSc1cccc(SCCCO)c1C(=O)O. The third-order valence-corrected chi connectivity index (χ3v) is 3.91. The first-order chi connectivity index (χ1) is 7.70. The van der Waals surface area contributed by atoms with Gasteiger partial charge < -0.3 is 10.2 Å². The molecule has 88 valence electrons. The van der Waals surface area contributed by atoms with Crippen LogP contribution in [0.2, 0.25) is 0 Å². The number of aliphatic hydroxyl groups excluding tert-OH is 1. The Morgan fingerprint density at radius 3 is 2.62 bits per heavy atom. The van der Waals surface area contributed by atoms with Crippen LogP contribution in [0.5, 0.6) is 0 Å². The molecule has 1 aromatic rings. The second-order valence-corrected chi connectivity index (χ2v) is 5.05. The van der Waals surface area contributed by atoms with E-state index in [9.17, 15) is 4.79 Å². The predicted molar refractivity (Wildman–Crippen MR) is 67.6 cm³/mol. The molecule has 0 aromatic heterocycles. The summed E-state index contributed by atoms with van der Waals surface area (Å²) in [6.07, 6.45) is 2.54.